The molecule has 1 atom stereocenters. The molecule has 2 aliphatic carbocycles. The van der Waals surface area contributed by atoms with Crippen LogP contribution in [0.5, 0.6) is 0 Å². The van der Waals surface area contributed by atoms with E-state index in [1.165, 1.54) is 83.5 Å². The summed E-state index contributed by atoms with van der Waals surface area (Å²) in [5.74, 6) is 0. The van der Waals surface area contributed by atoms with Crippen LogP contribution in [0.25, 0.3) is 0 Å². The summed E-state index contributed by atoms with van der Waals surface area (Å²) in [7, 11) is 0. The molecule has 0 aromatic carbocycles. The fraction of sp³-hybridized carbons (Fsp3) is 1.00. The third-order valence-corrected chi connectivity index (χ3v) is 6.11. The van der Waals surface area contributed by atoms with Gasteiger partial charge in [-0.05, 0) is 56.9 Å². The maximum Gasteiger partial charge on any atom is 0.0687 e. The summed E-state index contributed by atoms with van der Waals surface area (Å²) in [5, 5.41) is 0. The van der Waals surface area contributed by atoms with E-state index in [1.54, 1.807) is 0 Å². The summed E-state index contributed by atoms with van der Waals surface area (Å²) in [4.78, 5) is 0. The molecule has 1 spiro atoms. The van der Waals surface area contributed by atoms with Gasteiger partial charge >= 0.3 is 0 Å². The molecule has 0 amide bonds. The molecule has 0 aromatic rings. The Balaban J connectivity index is 1.58. The second-order valence-electron chi connectivity index (χ2n) is 7.49. The first-order valence-electron chi connectivity index (χ1n) is 8.64. The van der Waals surface area contributed by atoms with Crippen molar-refractivity contribution in [3.8, 4) is 0 Å². The van der Waals surface area contributed by atoms with E-state index in [2.05, 4.69) is 0 Å². The quantitative estimate of drug-likeness (QED) is 0.831. The summed E-state index contributed by atoms with van der Waals surface area (Å²) < 4.78 is 6.56. The maximum absolute atomic E-state index is 6.56. The predicted octanol–water partition coefficient (Wildman–Crippen LogP) is 4.17. The van der Waals surface area contributed by atoms with Crippen molar-refractivity contribution in [1.29, 1.82) is 0 Å². The van der Waals surface area contributed by atoms with Crippen LogP contribution in [0.2, 0.25) is 0 Å². The Bertz CT molecular complexity index is 290. The molecule has 110 valence electrons. The second kappa shape index (κ2) is 5.73. The van der Waals surface area contributed by atoms with Crippen LogP contribution < -0.4 is 5.73 Å². The number of nitrogens with two attached hydrogens (primary N) is 1. The summed E-state index contributed by atoms with van der Waals surface area (Å²) in [6.07, 6.45) is 18.1. The van der Waals surface area contributed by atoms with E-state index in [-0.39, 0.29) is 5.60 Å². The molecule has 3 fully saturated rings. The monoisotopic (exact) mass is 265 g/mol. The predicted molar refractivity (Wildman–Crippen MR) is 79.1 cm³/mol. The minimum Gasteiger partial charge on any atom is -0.372 e. The minimum absolute atomic E-state index is 0.285. The molecule has 2 heteroatoms. The zero-order valence-corrected chi connectivity index (χ0v) is 12.5. The Morgan fingerprint density at radius 2 is 1.47 bits per heavy atom. The summed E-state index contributed by atoms with van der Waals surface area (Å²) in [5.41, 5.74) is 6.84. The number of rotatable bonds is 3. The fourth-order valence-corrected chi connectivity index (χ4v) is 4.88. The standard InChI is InChI=1S/C17H31NO/c18-14-16(8-3-1-4-9-16)13-15-7-12-17(19-15)10-5-2-6-11-17/h15H,1-14,18H2. The van der Waals surface area contributed by atoms with Crippen molar-refractivity contribution in [3.63, 3.8) is 0 Å². The Labute approximate surface area is 118 Å². The van der Waals surface area contributed by atoms with Crippen molar-refractivity contribution in [2.75, 3.05) is 6.54 Å². The van der Waals surface area contributed by atoms with E-state index in [1.807, 2.05) is 0 Å². The highest BCUT2D eigenvalue weighted by Gasteiger charge is 2.43. The zero-order chi connectivity index (χ0) is 13.2. The Morgan fingerprint density at radius 3 is 2.11 bits per heavy atom. The molecule has 1 aliphatic heterocycles. The molecular weight excluding hydrogens is 234 g/mol. The Morgan fingerprint density at radius 1 is 0.842 bits per heavy atom. The van der Waals surface area contributed by atoms with E-state index < -0.39 is 0 Å². The molecule has 1 heterocycles. The SMILES string of the molecule is NCC1(CC2CCC3(CCCCC3)O2)CCCCC1. The van der Waals surface area contributed by atoms with Gasteiger partial charge in [0.25, 0.3) is 0 Å². The molecule has 0 radical (unpaired) electrons. The van der Waals surface area contributed by atoms with Gasteiger partial charge in [-0.3, -0.25) is 0 Å². The molecule has 2 N–H and O–H groups in total. The van der Waals surface area contributed by atoms with Gasteiger partial charge in [0.2, 0.25) is 0 Å². The first-order chi connectivity index (χ1) is 9.26. The summed E-state index contributed by atoms with van der Waals surface area (Å²) in [6.45, 7) is 0.875. The topological polar surface area (TPSA) is 35.2 Å². The van der Waals surface area contributed by atoms with Crippen molar-refractivity contribution in [2.24, 2.45) is 11.1 Å². The molecule has 3 rings (SSSR count). The molecule has 2 nitrogen and oxygen atoms in total. The van der Waals surface area contributed by atoms with Crippen LogP contribution in [0.4, 0.5) is 0 Å². The fourth-order valence-electron chi connectivity index (χ4n) is 4.88. The maximum atomic E-state index is 6.56. The number of hydrogen-bond donors (Lipinski definition) is 1. The molecule has 3 aliphatic rings. The van der Waals surface area contributed by atoms with Crippen LogP contribution in [-0.2, 0) is 4.74 Å². The highest BCUT2D eigenvalue weighted by atomic mass is 16.5. The molecule has 1 saturated heterocycles. The van der Waals surface area contributed by atoms with Gasteiger partial charge in [0, 0.05) is 0 Å². The first kappa shape index (κ1) is 13.9. The van der Waals surface area contributed by atoms with Gasteiger partial charge in [-0.25, -0.2) is 0 Å². The highest BCUT2D eigenvalue weighted by Crippen LogP contribution is 2.47. The van der Waals surface area contributed by atoms with E-state index >= 15 is 0 Å². The van der Waals surface area contributed by atoms with Crippen molar-refractivity contribution in [1.82, 2.24) is 0 Å². The van der Waals surface area contributed by atoms with Gasteiger partial charge < -0.3 is 10.5 Å². The van der Waals surface area contributed by atoms with Crippen LogP contribution in [0, 0.1) is 5.41 Å². The third-order valence-electron chi connectivity index (χ3n) is 6.11. The van der Waals surface area contributed by atoms with Gasteiger partial charge in [-0.15, -0.1) is 0 Å². The average Bonchev–Trinajstić information content (AvgIpc) is 2.83. The van der Waals surface area contributed by atoms with Gasteiger partial charge in [0.05, 0.1) is 11.7 Å². The summed E-state index contributed by atoms with van der Waals surface area (Å²) in [6, 6.07) is 0. The van der Waals surface area contributed by atoms with Crippen LogP contribution >= 0.6 is 0 Å². The average molecular weight is 265 g/mol. The smallest absolute Gasteiger partial charge is 0.0687 e. The summed E-state index contributed by atoms with van der Waals surface area (Å²) >= 11 is 0. The van der Waals surface area contributed by atoms with Gasteiger partial charge in [-0.1, -0.05) is 38.5 Å². The molecule has 2 saturated carbocycles. The van der Waals surface area contributed by atoms with Crippen LogP contribution in [0.1, 0.15) is 83.5 Å². The van der Waals surface area contributed by atoms with Gasteiger partial charge in [0.15, 0.2) is 0 Å². The van der Waals surface area contributed by atoms with Crippen LogP contribution in [0.15, 0.2) is 0 Å². The number of hydrogen-bond acceptors (Lipinski definition) is 2. The van der Waals surface area contributed by atoms with Crippen molar-refractivity contribution in [2.45, 2.75) is 95.2 Å². The van der Waals surface area contributed by atoms with Crippen molar-refractivity contribution >= 4 is 0 Å². The first-order valence-corrected chi connectivity index (χ1v) is 8.64. The molecular formula is C17H31NO. The van der Waals surface area contributed by atoms with Gasteiger partial charge in [-0.2, -0.15) is 0 Å². The Hall–Kier alpha value is -0.0800. The van der Waals surface area contributed by atoms with E-state index in [9.17, 15) is 0 Å². The lowest BCUT2D eigenvalue weighted by atomic mass is 9.70. The lowest BCUT2D eigenvalue weighted by Crippen LogP contribution is -2.38. The van der Waals surface area contributed by atoms with E-state index in [0.717, 1.165) is 6.54 Å². The normalized spacial score (nSPS) is 33.6. The molecule has 0 aromatic heterocycles. The van der Waals surface area contributed by atoms with Crippen molar-refractivity contribution in [3.05, 3.63) is 0 Å². The van der Waals surface area contributed by atoms with Gasteiger partial charge in [0.1, 0.15) is 0 Å². The molecule has 0 bridgehead atoms. The lowest BCUT2D eigenvalue weighted by Gasteiger charge is -2.39. The number of ether oxygens (including phenoxy) is 1. The molecule has 19 heavy (non-hydrogen) atoms. The largest absolute Gasteiger partial charge is 0.372 e. The molecule has 1 unspecified atom stereocenters. The lowest BCUT2D eigenvalue weighted by molar-refractivity contribution is -0.0792. The van der Waals surface area contributed by atoms with E-state index in [4.69, 9.17) is 10.5 Å². The minimum atomic E-state index is 0.285. The zero-order valence-electron chi connectivity index (χ0n) is 12.5. The van der Waals surface area contributed by atoms with Crippen molar-refractivity contribution < 1.29 is 4.74 Å². The highest BCUT2D eigenvalue weighted by molar-refractivity contribution is 4.94. The Kier molecular flexibility index (Phi) is 4.19. The van der Waals surface area contributed by atoms with Crippen LogP contribution in [-0.4, -0.2) is 18.2 Å². The third kappa shape index (κ3) is 3.00. The second-order valence-corrected chi connectivity index (χ2v) is 7.49. The van der Waals surface area contributed by atoms with E-state index in [0.29, 0.717) is 11.5 Å². The van der Waals surface area contributed by atoms with Crippen LogP contribution in [0.3, 0.4) is 0 Å².